The minimum Gasteiger partial charge on any atom is -0.411 e. The van der Waals surface area contributed by atoms with E-state index >= 15 is 0 Å². The van der Waals surface area contributed by atoms with Gasteiger partial charge in [-0.15, -0.1) is 0 Å². The van der Waals surface area contributed by atoms with Crippen molar-refractivity contribution < 1.29 is 21.8 Å². The molecule has 1 saturated heterocycles. The maximum Gasteiger partial charge on any atom is 0.297 e. The standard InChI is InChI=1S/C23H33N5O6SSi/c1-14-7-9-15(10-8-14)35(30,31)32-12-17-16(34-36(5,6)23(2,3)4)11-18(33-17)28-13-25-19-20(28)26-22(24)27-21(19)29/h7-10,13,16-18H,11-12H2,1-6H3,(H3,24,26,27,29)/t16-,17+,18+/m0/s1. The van der Waals surface area contributed by atoms with Gasteiger partial charge in [0.05, 0.1) is 23.9 Å². The van der Waals surface area contributed by atoms with E-state index in [0.29, 0.717) is 6.42 Å². The first-order valence-corrected chi connectivity index (χ1v) is 16.0. The Balaban J connectivity index is 1.62. The van der Waals surface area contributed by atoms with Crippen molar-refractivity contribution in [1.29, 1.82) is 0 Å². The quantitative estimate of drug-likeness (QED) is 0.343. The summed E-state index contributed by atoms with van der Waals surface area (Å²) in [5.41, 5.74) is 6.65. The normalized spacial score (nSPS) is 21.3. The first kappa shape index (κ1) is 26.5. The second-order valence-electron chi connectivity index (χ2n) is 10.6. The summed E-state index contributed by atoms with van der Waals surface area (Å²) in [6, 6.07) is 6.45. The molecule has 1 aliphatic heterocycles. The molecule has 0 unspecified atom stereocenters. The lowest BCUT2D eigenvalue weighted by atomic mass is 10.2. The van der Waals surface area contributed by atoms with Crippen molar-refractivity contribution in [2.75, 3.05) is 12.3 Å². The molecule has 1 aliphatic rings. The van der Waals surface area contributed by atoms with E-state index in [9.17, 15) is 13.2 Å². The van der Waals surface area contributed by atoms with Gasteiger partial charge in [0.15, 0.2) is 19.5 Å². The van der Waals surface area contributed by atoms with E-state index in [4.69, 9.17) is 19.1 Å². The molecule has 1 fully saturated rings. The van der Waals surface area contributed by atoms with Crippen LogP contribution in [0.3, 0.4) is 0 Å². The first-order chi connectivity index (χ1) is 16.7. The van der Waals surface area contributed by atoms with Crippen LogP contribution in [-0.4, -0.2) is 55.1 Å². The lowest BCUT2D eigenvalue weighted by Crippen LogP contribution is -2.46. The summed E-state index contributed by atoms with van der Waals surface area (Å²) in [4.78, 5) is 23.1. The number of hydrogen-bond acceptors (Lipinski definition) is 9. The number of benzene rings is 1. The zero-order chi connectivity index (χ0) is 26.5. The maximum absolute atomic E-state index is 12.8. The predicted molar refractivity (Wildman–Crippen MR) is 137 cm³/mol. The number of nitrogen functional groups attached to an aromatic ring is 1. The minimum atomic E-state index is -3.99. The van der Waals surface area contributed by atoms with E-state index in [2.05, 4.69) is 48.8 Å². The highest BCUT2D eigenvalue weighted by Gasteiger charge is 2.46. The molecule has 3 N–H and O–H groups in total. The molecule has 4 rings (SSSR count). The molecule has 0 amide bonds. The van der Waals surface area contributed by atoms with Crippen LogP contribution in [-0.2, 0) is 23.5 Å². The number of fused-ring (bicyclic) bond motifs is 1. The second kappa shape index (κ2) is 9.38. The van der Waals surface area contributed by atoms with E-state index in [-0.39, 0.29) is 33.7 Å². The van der Waals surface area contributed by atoms with Crippen LogP contribution >= 0.6 is 0 Å². The number of H-pyrrole nitrogens is 1. The molecule has 13 heteroatoms. The number of hydrogen-bond donors (Lipinski definition) is 2. The zero-order valence-corrected chi connectivity index (χ0v) is 23.1. The van der Waals surface area contributed by atoms with E-state index in [0.717, 1.165) is 5.56 Å². The van der Waals surface area contributed by atoms with Crippen molar-refractivity contribution in [2.24, 2.45) is 0 Å². The van der Waals surface area contributed by atoms with Crippen molar-refractivity contribution in [3.8, 4) is 0 Å². The molecule has 1 aromatic carbocycles. The predicted octanol–water partition coefficient (Wildman–Crippen LogP) is 3.09. The molecule has 11 nitrogen and oxygen atoms in total. The average molecular weight is 536 g/mol. The number of anilines is 1. The highest BCUT2D eigenvalue weighted by molar-refractivity contribution is 7.86. The van der Waals surface area contributed by atoms with Gasteiger partial charge in [-0.05, 0) is 37.2 Å². The Labute approximate surface area is 211 Å². The monoisotopic (exact) mass is 535 g/mol. The van der Waals surface area contributed by atoms with Gasteiger partial charge in [-0.25, -0.2) is 4.98 Å². The van der Waals surface area contributed by atoms with Gasteiger partial charge in [-0.1, -0.05) is 38.5 Å². The topological polar surface area (TPSA) is 151 Å². The van der Waals surface area contributed by atoms with Gasteiger partial charge in [-0.3, -0.25) is 18.5 Å². The molecule has 0 saturated carbocycles. The molecule has 0 aliphatic carbocycles. The lowest BCUT2D eigenvalue weighted by molar-refractivity contribution is -0.0349. The van der Waals surface area contributed by atoms with Gasteiger partial charge in [0, 0.05) is 6.42 Å². The van der Waals surface area contributed by atoms with Gasteiger partial charge in [0.2, 0.25) is 5.95 Å². The zero-order valence-electron chi connectivity index (χ0n) is 21.3. The largest absolute Gasteiger partial charge is 0.411 e. The van der Waals surface area contributed by atoms with Crippen molar-refractivity contribution in [2.45, 2.75) is 75.6 Å². The third-order valence-corrected chi connectivity index (χ3v) is 12.7. The molecule has 0 bridgehead atoms. The number of nitrogens with zero attached hydrogens (tertiary/aromatic N) is 3. The fourth-order valence-corrected chi connectivity index (χ4v) is 6.06. The molecule has 3 heterocycles. The van der Waals surface area contributed by atoms with E-state index < -0.39 is 42.4 Å². The van der Waals surface area contributed by atoms with Crippen LogP contribution in [0.1, 0.15) is 39.0 Å². The van der Waals surface area contributed by atoms with Gasteiger partial charge >= 0.3 is 0 Å². The van der Waals surface area contributed by atoms with Crippen molar-refractivity contribution in [3.05, 3.63) is 46.5 Å². The Morgan fingerprint density at radius 2 is 1.92 bits per heavy atom. The van der Waals surface area contributed by atoms with Gasteiger partial charge in [0.1, 0.15) is 12.3 Å². The van der Waals surface area contributed by atoms with Crippen LogP contribution in [0.5, 0.6) is 0 Å². The fraction of sp³-hybridized carbons (Fsp3) is 0.522. The third kappa shape index (κ3) is 5.25. The lowest BCUT2D eigenvalue weighted by Gasteiger charge is -2.39. The molecular weight excluding hydrogens is 502 g/mol. The number of rotatable bonds is 7. The average Bonchev–Trinajstić information content (AvgIpc) is 3.35. The molecule has 36 heavy (non-hydrogen) atoms. The molecule has 0 radical (unpaired) electrons. The summed E-state index contributed by atoms with van der Waals surface area (Å²) < 4.78 is 45.6. The number of nitrogens with two attached hydrogens (primary N) is 1. The molecule has 0 spiro atoms. The van der Waals surface area contributed by atoms with Crippen molar-refractivity contribution in [3.63, 3.8) is 0 Å². The summed E-state index contributed by atoms with van der Waals surface area (Å²) in [5, 5.41) is -0.0739. The minimum absolute atomic E-state index is 0.0367. The Kier molecular flexibility index (Phi) is 6.90. The van der Waals surface area contributed by atoms with Gasteiger partial charge < -0.3 is 14.9 Å². The summed E-state index contributed by atoms with van der Waals surface area (Å²) in [5.74, 6) is -0.0367. The van der Waals surface area contributed by atoms with Crippen molar-refractivity contribution in [1.82, 2.24) is 19.5 Å². The van der Waals surface area contributed by atoms with E-state index in [1.165, 1.54) is 18.5 Å². The van der Waals surface area contributed by atoms with E-state index in [1.807, 2.05) is 6.92 Å². The SMILES string of the molecule is Cc1ccc(S(=O)(=O)OC[C@H]2O[C@@H](n3cnc4c(=O)[nH]c(N)nc43)C[C@@H]2O[Si](C)(C)C(C)(C)C)cc1. The number of ether oxygens (including phenoxy) is 1. The molecule has 3 atom stereocenters. The smallest absolute Gasteiger partial charge is 0.297 e. The van der Waals surface area contributed by atoms with Crippen LogP contribution in [0.25, 0.3) is 11.2 Å². The van der Waals surface area contributed by atoms with Gasteiger partial charge in [0.25, 0.3) is 15.7 Å². The Bertz CT molecular complexity index is 1410. The van der Waals surface area contributed by atoms with Crippen LogP contribution in [0.2, 0.25) is 18.1 Å². The Morgan fingerprint density at radius 3 is 2.56 bits per heavy atom. The third-order valence-electron chi connectivity index (χ3n) is 6.89. The molecule has 196 valence electrons. The maximum atomic E-state index is 12.8. The molecule has 2 aromatic heterocycles. The van der Waals surface area contributed by atoms with Crippen molar-refractivity contribution >= 4 is 35.5 Å². The van der Waals surface area contributed by atoms with Crippen LogP contribution in [0.15, 0.2) is 40.3 Å². The highest BCUT2D eigenvalue weighted by atomic mass is 32.2. The van der Waals surface area contributed by atoms with E-state index in [1.54, 1.807) is 16.7 Å². The van der Waals surface area contributed by atoms with Crippen LogP contribution in [0, 0.1) is 6.92 Å². The summed E-state index contributed by atoms with van der Waals surface area (Å²) in [7, 11) is -6.24. The number of aryl methyl sites for hydroxylation is 1. The number of nitrogens with one attached hydrogen (secondary N) is 1. The van der Waals surface area contributed by atoms with Crippen LogP contribution in [0.4, 0.5) is 5.95 Å². The number of aromatic amines is 1. The second-order valence-corrected chi connectivity index (χ2v) is 17.0. The number of aromatic nitrogens is 4. The summed E-state index contributed by atoms with van der Waals surface area (Å²) in [6.45, 7) is 12.3. The summed E-state index contributed by atoms with van der Waals surface area (Å²) in [6.07, 6.45) is 0.133. The van der Waals surface area contributed by atoms with Crippen LogP contribution < -0.4 is 11.3 Å². The first-order valence-electron chi connectivity index (χ1n) is 11.7. The summed E-state index contributed by atoms with van der Waals surface area (Å²) >= 11 is 0. The highest BCUT2D eigenvalue weighted by Crippen LogP contribution is 2.41. The Hall–Kier alpha value is -2.58. The molecular formula is C23H33N5O6SSi. The fourth-order valence-electron chi connectivity index (χ4n) is 3.78. The number of imidazole rings is 1. The Morgan fingerprint density at radius 1 is 1.25 bits per heavy atom. The molecule has 3 aromatic rings. The van der Waals surface area contributed by atoms with Gasteiger partial charge in [-0.2, -0.15) is 13.4 Å².